The number of carboxylic acid groups (broad SMARTS) is 1. The van der Waals surface area contributed by atoms with Gasteiger partial charge in [-0.3, -0.25) is 9.59 Å². The van der Waals surface area contributed by atoms with Crippen LogP contribution in [0.15, 0.2) is 170 Å². The molecule has 0 aromatic carbocycles. The molecule has 0 aromatic heterocycles. The Morgan fingerprint density at radius 2 is 0.581 bits per heavy atom. The van der Waals surface area contributed by atoms with E-state index in [1.807, 2.05) is 21.1 Å². The zero-order valence-corrected chi connectivity index (χ0v) is 60.1. The first-order valence-corrected chi connectivity index (χ1v) is 37.3. The summed E-state index contributed by atoms with van der Waals surface area (Å²) in [7, 11) is 5.97. The number of allylic oxidation sites excluding steroid dienone is 28. The lowest BCUT2D eigenvalue weighted by Gasteiger charge is -2.25. The predicted molar refractivity (Wildman–Crippen MR) is 400 cm³/mol. The van der Waals surface area contributed by atoms with Gasteiger partial charge in [-0.25, -0.2) is 4.79 Å². The zero-order valence-electron chi connectivity index (χ0n) is 60.1. The molecule has 0 fully saturated rings. The molecule has 0 amide bonds. The number of unbranched alkanes of at least 4 members (excludes halogenated alkanes) is 24. The molecule has 0 spiro atoms. The summed E-state index contributed by atoms with van der Waals surface area (Å²) in [5.74, 6) is -2.02. The van der Waals surface area contributed by atoms with Crippen molar-refractivity contribution < 1.29 is 42.9 Å². The van der Waals surface area contributed by atoms with Crippen LogP contribution in [0, 0.1) is 0 Å². The van der Waals surface area contributed by atoms with Crippen LogP contribution in [0.25, 0.3) is 0 Å². The second-order valence-electron chi connectivity index (χ2n) is 25.5. The molecule has 0 aliphatic heterocycles. The van der Waals surface area contributed by atoms with Crippen LogP contribution in [0.5, 0.6) is 0 Å². The molecule has 0 heterocycles. The standard InChI is InChI=1S/C84H137NO8/c1-6-8-10-12-14-16-18-20-22-24-26-28-30-32-34-36-38-40-41-43-45-47-49-51-53-55-57-59-61-63-65-67-69-71-73-75-82(87)93-80(79-92-84(83(88)89)90-77-76-85(3,4)5)78-91-81(86)74-72-70-68-66-64-62-60-58-56-54-52-50-48-46-44-42-39-37-35-33-31-29-27-25-23-21-19-17-15-13-11-9-7-2/h8-11,14-17,20-23,26-29,32-35,38-40,42-43,45,49,51,80,84H,6-7,12-13,18-19,24-25,30-31,36-37,41,44,46-48,50,52-79H2,1-5H3/p+1/b10-8-,11-9-,16-14-,17-15-,22-20-,23-21-,28-26-,29-27-,34-32-,35-33-,40-38-,42-39-,45-43-,51-49-. The SMILES string of the molecule is CC/C=C\C/C=C\C/C=C\C/C=C\C/C=C\C/C=C\C/C=C\C/C=C\CCCCCCCCCCCCC(=O)OC(COC(=O)CCCCCCCCCCCCCCCC/C=C\C/C=C\C/C=C\C/C=C\C/C=C\C/C=C\CC)COC(OCC[N+](C)(C)C)C(=O)O. The Morgan fingerprint density at radius 3 is 0.860 bits per heavy atom. The van der Waals surface area contributed by atoms with E-state index in [0.717, 1.165) is 135 Å². The number of hydrogen-bond donors (Lipinski definition) is 1. The van der Waals surface area contributed by atoms with Crippen molar-refractivity contribution in [1.29, 1.82) is 0 Å². The van der Waals surface area contributed by atoms with Crippen LogP contribution in [0.2, 0.25) is 0 Å². The topological polar surface area (TPSA) is 108 Å². The van der Waals surface area contributed by atoms with Crippen molar-refractivity contribution in [2.75, 3.05) is 47.5 Å². The number of rotatable bonds is 67. The Hall–Kier alpha value is -5.35. The molecule has 0 bridgehead atoms. The Labute approximate surface area is 571 Å². The maximum Gasteiger partial charge on any atom is 0.361 e. The first kappa shape index (κ1) is 87.7. The molecule has 0 aliphatic rings. The van der Waals surface area contributed by atoms with E-state index in [-0.39, 0.29) is 32.2 Å². The Balaban J connectivity index is 4.14. The van der Waals surface area contributed by atoms with Gasteiger partial charge in [0.15, 0.2) is 6.10 Å². The van der Waals surface area contributed by atoms with E-state index in [0.29, 0.717) is 23.9 Å². The van der Waals surface area contributed by atoms with E-state index >= 15 is 0 Å². The number of ether oxygens (including phenoxy) is 4. The minimum absolute atomic E-state index is 0.179. The van der Waals surface area contributed by atoms with Gasteiger partial charge < -0.3 is 28.5 Å². The molecule has 526 valence electrons. The molecule has 0 rings (SSSR count). The highest BCUT2D eigenvalue weighted by Crippen LogP contribution is 2.17. The Morgan fingerprint density at radius 1 is 0.323 bits per heavy atom. The number of nitrogens with zero attached hydrogens (tertiary/aromatic N) is 1. The molecule has 0 saturated heterocycles. The fourth-order valence-corrected chi connectivity index (χ4v) is 9.86. The molecular formula is C84H138NO8+. The molecule has 0 aliphatic carbocycles. The lowest BCUT2D eigenvalue weighted by Crippen LogP contribution is -2.40. The van der Waals surface area contributed by atoms with E-state index in [2.05, 4.69) is 184 Å². The Bertz CT molecular complexity index is 2140. The fraction of sp³-hybridized carbons (Fsp3) is 0.631. The molecule has 0 radical (unpaired) electrons. The smallest absolute Gasteiger partial charge is 0.361 e. The van der Waals surface area contributed by atoms with Crippen molar-refractivity contribution in [3.63, 3.8) is 0 Å². The first-order chi connectivity index (χ1) is 45.6. The summed E-state index contributed by atoms with van der Waals surface area (Å²) in [5, 5.41) is 9.76. The molecular weight excluding hydrogens is 1150 g/mol. The van der Waals surface area contributed by atoms with Gasteiger partial charge in [-0.15, -0.1) is 0 Å². The van der Waals surface area contributed by atoms with Gasteiger partial charge in [0.2, 0.25) is 0 Å². The number of carbonyl (C=O) groups excluding carboxylic acids is 2. The molecule has 2 atom stereocenters. The van der Waals surface area contributed by atoms with E-state index in [4.69, 9.17) is 18.9 Å². The van der Waals surface area contributed by atoms with Gasteiger partial charge >= 0.3 is 17.9 Å². The minimum atomic E-state index is -1.52. The molecule has 0 saturated carbocycles. The number of quaternary nitrogens is 1. The molecule has 1 N–H and O–H groups in total. The highest BCUT2D eigenvalue weighted by Gasteiger charge is 2.25. The summed E-state index contributed by atoms with van der Waals surface area (Å²) in [5.41, 5.74) is 0. The van der Waals surface area contributed by atoms with Gasteiger partial charge in [0.1, 0.15) is 13.2 Å². The van der Waals surface area contributed by atoms with Crippen molar-refractivity contribution in [2.45, 2.75) is 296 Å². The Kier molecular flexibility index (Phi) is 68.3. The monoisotopic (exact) mass is 1290 g/mol. The summed E-state index contributed by atoms with van der Waals surface area (Å²) in [6, 6.07) is 0. The number of carboxylic acids is 1. The summed E-state index contributed by atoms with van der Waals surface area (Å²) >= 11 is 0. The fourth-order valence-electron chi connectivity index (χ4n) is 9.86. The van der Waals surface area contributed by atoms with Gasteiger partial charge in [-0.1, -0.05) is 312 Å². The van der Waals surface area contributed by atoms with Gasteiger partial charge in [0.25, 0.3) is 6.29 Å². The third-order valence-electron chi connectivity index (χ3n) is 15.5. The highest BCUT2D eigenvalue weighted by atomic mass is 16.7. The van der Waals surface area contributed by atoms with Crippen molar-refractivity contribution >= 4 is 17.9 Å². The lowest BCUT2D eigenvalue weighted by molar-refractivity contribution is -0.870. The van der Waals surface area contributed by atoms with Crippen molar-refractivity contribution in [3.05, 3.63) is 170 Å². The molecule has 9 heteroatoms. The number of carbonyl (C=O) groups is 3. The minimum Gasteiger partial charge on any atom is -0.477 e. The molecule has 2 unspecified atom stereocenters. The maximum atomic E-state index is 13.0. The van der Waals surface area contributed by atoms with Crippen molar-refractivity contribution in [3.8, 4) is 0 Å². The summed E-state index contributed by atoms with van der Waals surface area (Å²) in [6.45, 7) is 4.64. The zero-order chi connectivity index (χ0) is 67.5. The van der Waals surface area contributed by atoms with Crippen LogP contribution in [0.3, 0.4) is 0 Å². The molecule has 93 heavy (non-hydrogen) atoms. The second kappa shape index (κ2) is 72.5. The number of aliphatic carboxylic acids is 1. The first-order valence-electron chi connectivity index (χ1n) is 37.3. The average molecular weight is 1290 g/mol. The van der Waals surface area contributed by atoms with Crippen LogP contribution < -0.4 is 0 Å². The van der Waals surface area contributed by atoms with Gasteiger partial charge in [0, 0.05) is 12.8 Å². The number of likely N-dealkylation sites (N-methyl/N-ethyl adjacent to an activating group) is 1. The van der Waals surface area contributed by atoms with Crippen molar-refractivity contribution in [1.82, 2.24) is 0 Å². The molecule has 9 nitrogen and oxygen atoms in total. The highest BCUT2D eigenvalue weighted by molar-refractivity contribution is 5.71. The normalized spacial score (nSPS) is 13.7. The van der Waals surface area contributed by atoms with E-state index in [9.17, 15) is 19.5 Å². The molecule has 0 aromatic rings. The number of esters is 2. The number of hydrogen-bond acceptors (Lipinski definition) is 7. The summed E-state index contributed by atoms with van der Waals surface area (Å²) in [6.07, 6.45) is 106. The van der Waals surface area contributed by atoms with Gasteiger partial charge in [0.05, 0.1) is 34.4 Å². The van der Waals surface area contributed by atoms with Crippen LogP contribution in [-0.2, 0) is 33.3 Å². The van der Waals surface area contributed by atoms with Gasteiger partial charge in [-0.2, -0.15) is 0 Å². The average Bonchev–Trinajstić information content (AvgIpc) is 3.74. The van der Waals surface area contributed by atoms with Crippen LogP contribution in [0.1, 0.15) is 284 Å². The second-order valence-corrected chi connectivity index (χ2v) is 25.5. The van der Waals surface area contributed by atoms with Gasteiger partial charge in [-0.05, 0) is 128 Å². The predicted octanol–water partition coefficient (Wildman–Crippen LogP) is 23.8. The van der Waals surface area contributed by atoms with E-state index in [1.165, 1.54) is 116 Å². The largest absolute Gasteiger partial charge is 0.477 e. The summed E-state index contributed by atoms with van der Waals surface area (Å²) < 4.78 is 23.0. The van der Waals surface area contributed by atoms with Crippen LogP contribution in [-0.4, -0.2) is 87.4 Å². The maximum absolute atomic E-state index is 13.0. The van der Waals surface area contributed by atoms with Crippen molar-refractivity contribution in [2.24, 2.45) is 0 Å². The lowest BCUT2D eigenvalue weighted by atomic mass is 10.0. The third-order valence-corrected chi connectivity index (χ3v) is 15.5. The summed E-state index contributed by atoms with van der Waals surface area (Å²) in [4.78, 5) is 37.7. The third kappa shape index (κ3) is 73.9. The van der Waals surface area contributed by atoms with Crippen LogP contribution >= 0.6 is 0 Å². The quantitative estimate of drug-likeness (QED) is 0.0211. The van der Waals surface area contributed by atoms with E-state index in [1.54, 1.807) is 0 Å². The van der Waals surface area contributed by atoms with Crippen LogP contribution in [0.4, 0.5) is 0 Å². The van der Waals surface area contributed by atoms with E-state index < -0.39 is 24.3 Å².